The molecule has 0 N–H and O–H groups in total. The van der Waals surface area contributed by atoms with E-state index in [4.69, 9.17) is 4.42 Å². The zero-order chi connectivity index (χ0) is 44.3. The second-order valence-corrected chi connectivity index (χ2v) is 17.5. The molecule has 314 valence electrons. The minimum absolute atomic E-state index is 0.545. The average molecular weight is 854 g/mol. The van der Waals surface area contributed by atoms with Gasteiger partial charge in [0.05, 0.1) is 16.8 Å². The zero-order valence-corrected chi connectivity index (χ0v) is 36.7. The Morgan fingerprint density at radius 1 is 0.328 bits per heavy atom. The molecule has 0 unspecified atom stereocenters. The Kier molecular flexibility index (Phi) is 9.11. The fourth-order valence-corrected chi connectivity index (χ4v) is 11.0. The van der Waals surface area contributed by atoms with Crippen molar-refractivity contribution in [3.63, 3.8) is 0 Å². The van der Waals surface area contributed by atoms with Crippen molar-refractivity contribution in [2.75, 3.05) is 4.90 Å². The standard InChI is InChI=1S/C65H43NO/c1-3-22-50(23-4-1)65(51-24-5-2-6-25-51)57-30-12-9-27-55(57)64-58(65)31-17-33-60(64)66(59-32-13-10-26-53(59)54-29-16-35-62-63(54)56-28-11-14-34-61(56)67-62)52-40-38-45(39-41-52)47-20-15-21-48(42-47)49-37-36-44-18-7-8-19-46(44)43-49/h1-43H. The molecule has 0 radical (unpaired) electrons. The van der Waals surface area contributed by atoms with Crippen molar-refractivity contribution in [1.82, 2.24) is 0 Å². The van der Waals surface area contributed by atoms with Crippen LogP contribution < -0.4 is 4.90 Å². The highest BCUT2D eigenvalue weighted by molar-refractivity contribution is 6.14. The van der Waals surface area contributed by atoms with Gasteiger partial charge in [-0.1, -0.05) is 212 Å². The lowest BCUT2D eigenvalue weighted by Crippen LogP contribution is -2.28. The van der Waals surface area contributed by atoms with Gasteiger partial charge in [-0.2, -0.15) is 0 Å². The van der Waals surface area contributed by atoms with Crippen molar-refractivity contribution in [2.45, 2.75) is 5.41 Å². The third-order valence-electron chi connectivity index (χ3n) is 13.9. The summed E-state index contributed by atoms with van der Waals surface area (Å²) >= 11 is 0. The predicted octanol–water partition coefficient (Wildman–Crippen LogP) is 17.6. The fourth-order valence-electron chi connectivity index (χ4n) is 11.0. The molecule has 0 saturated carbocycles. The van der Waals surface area contributed by atoms with Crippen molar-refractivity contribution < 1.29 is 4.42 Å². The van der Waals surface area contributed by atoms with E-state index in [2.05, 4.69) is 260 Å². The summed E-state index contributed by atoms with van der Waals surface area (Å²) in [5.41, 5.74) is 18.9. The van der Waals surface area contributed by atoms with Crippen molar-refractivity contribution >= 4 is 49.8 Å². The lowest BCUT2D eigenvalue weighted by Gasteiger charge is -2.34. The molecule has 1 heterocycles. The van der Waals surface area contributed by atoms with Crippen LogP contribution in [0.2, 0.25) is 0 Å². The number of anilines is 3. The summed E-state index contributed by atoms with van der Waals surface area (Å²) in [5.74, 6) is 0. The van der Waals surface area contributed by atoms with Gasteiger partial charge in [-0.15, -0.1) is 0 Å². The Morgan fingerprint density at radius 2 is 0.881 bits per heavy atom. The number of para-hydroxylation sites is 2. The van der Waals surface area contributed by atoms with E-state index in [0.717, 1.165) is 55.7 Å². The molecule has 1 aliphatic rings. The first-order valence-corrected chi connectivity index (χ1v) is 23.1. The first kappa shape index (κ1) is 38.7. The Labute approximate surface area is 390 Å². The van der Waals surface area contributed by atoms with Gasteiger partial charge in [0.1, 0.15) is 11.2 Å². The summed E-state index contributed by atoms with van der Waals surface area (Å²) in [5, 5.41) is 4.71. The van der Waals surface area contributed by atoms with E-state index >= 15 is 0 Å². The Bertz CT molecular complexity index is 3770. The molecule has 13 rings (SSSR count). The van der Waals surface area contributed by atoms with E-state index < -0.39 is 5.41 Å². The highest BCUT2D eigenvalue weighted by Crippen LogP contribution is 2.60. The van der Waals surface area contributed by atoms with E-state index in [1.54, 1.807) is 0 Å². The van der Waals surface area contributed by atoms with Gasteiger partial charge < -0.3 is 9.32 Å². The maximum absolute atomic E-state index is 6.49. The molecule has 0 fully saturated rings. The molecule has 2 heteroatoms. The zero-order valence-electron chi connectivity index (χ0n) is 36.7. The highest BCUT2D eigenvalue weighted by atomic mass is 16.3. The van der Waals surface area contributed by atoms with Crippen LogP contribution in [0.25, 0.3) is 77.2 Å². The molecule has 0 bridgehead atoms. The molecular weight excluding hydrogens is 811 g/mol. The van der Waals surface area contributed by atoms with Crippen molar-refractivity contribution in [3.05, 3.63) is 283 Å². The summed E-state index contributed by atoms with van der Waals surface area (Å²) in [7, 11) is 0. The molecule has 0 saturated heterocycles. The molecule has 0 spiro atoms. The normalized spacial score (nSPS) is 12.6. The summed E-state index contributed by atoms with van der Waals surface area (Å²) in [6, 6.07) is 95.1. The van der Waals surface area contributed by atoms with Gasteiger partial charge in [0.15, 0.2) is 0 Å². The second kappa shape index (κ2) is 15.8. The first-order chi connectivity index (χ1) is 33.2. The van der Waals surface area contributed by atoms with Crippen LogP contribution in [0.3, 0.4) is 0 Å². The minimum atomic E-state index is -0.545. The molecule has 67 heavy (non-hydrogen) atoms. The monoisotopic (exact) mass is 853 g/mol. The number of fused-ring (bicyclic) bond motifs is 7. The van der Waals surface area contributed by atoms with Crippen molar-refractivity contribution in [2.24, 2.45) is 0 Å². The maximum Gasteiger partial charge on any atom is 0.136 e. The van der Waals surface area contributed by atoms with Crippen LogP contribution in [0.15, 0.2) is 265 Å². The summed E-state index contributed by atoms with van der Waals surface area (Å²) < 4.78 is 6.49. The average Bonchev–Trinajstić information content (AvgIpc) is 3.94. The van der Waals surface area contributed by atoms with Gasteiger partial charge in [0.25, 0.3) is 0 Å². The van der Waals surface area contributed by atoms with Gasteiger partial charge in [-0.05, 0) is 115 Å². The Balaban J connectivity index is 1.04. The van der Waals surface area contributed by atoms with E-state index in [9.17, 15) is 0 Å². The topological polar surface area (TPSA) is 16.4 Å². The second-order valence-electron chi connectivity index (χ2n) is 17.5. The number of furan rings is 1. The maximum atomic E-state index is 6.49. The van der Waals surface area contributed by atoms with Crippen LogP contribution in [-0.4, -0.2) is 0 Å². The smallest absolute Gasteiger partial charge is 0.136 e. The van der Waals surface area contributed by atoms with Crippen LogP contribution in [0.1, 0.15) is 22.3 Å². The van der Waals surface area contributed by atoms with Crippen LogP contribution in [-0.2, 0) is 5.41 Å². The van der Waals surface area contributed by atoms with Gasteiger partial charge in [0.2, 0.25) is 0 Å². The van der Waals surface area contributed by atoms with Gasteiger partial charge in [-0.3, -0.25) is 0 Å². The number of rotatable bonds is 8. The molecule has 1 aromatic heterocycles. The van der Waals surface area contributed by atoms with Crippen LogP contribution in [0.4, 0.5) is 17.1 Å². The van der Waals surface area contributed by atoms with E-state index in [1.807, 2.05) is 6.07 Å². The lowest BCUT2D eigenvalue weighted by atomic mass is 9.68. The highest BCUT2D eigenvalue weighted by Gasteiger charge is 2.47. The first-order valence-electron chi connectivity index (χ1n) is 23.1. The van der Waals surface area contributed by atoms with E-state index in [1.165, 1.54) is 60.8 Å². The molecule has 12 aromatic rings. The van der Waals surface area contributed by atoms with E-state index in [0.29, 0.717) is 0 Å². The fraction of sp³-hybridized carbons (Fsp3) is 0.0154. The molecule has 0 aliphatic heterocycles. The molecule has 2 nitrogen and oxygen atoms in total. The minimum Gasteiger partial charge on any atom is -0.456 e. The molecular formula is C65H43NO. The van der Waals surface area contributed by atoms with Gasteiger partial charge >= 0.3 is 0 Å². The SMILES string of the molecule is c1ccc(C2(c3ccccc3)c3ccccc3-c3c(N(c4ccc(-c5cccc(-c6ccc7ccccc7c6)c5)cc4)c4ccccc4-c4cccc5oc6ccccc6c45)cccc32)cc1. The van der Waals surface area contributed by atoms with Crippen molar-refractivity contribution in [1.29, 1.82) is 0 Å². The van der Waals surface area contributed by atoms with Crippen LogP contribution in [0, 0.1) is 0 Å². The molecule has 0 amide bonds. The predicted molar refractivity (Wildman–Crippen MR) is 280 cm³/mol. The number of hydrogen-bond donors (Lipinski definition) is 0. The lowest BCUT2D eigenvalue weighted by molar-refractivity contribution is 0.669. The molecule has 11 aromatic carbocycles. The van der Waals surface area contributed by atoms with Gasteiger partial charge in [0, 0.05) is 27.6 Å². The summed E-state index contributed by atoms with van der Waals surface area (Å²) in [4.78, 5) is 2.49. The summed E-state index contributed by atoms with van der Waals surface area (Å²) in [6.45, 7) is 0. The Morgan fingerprint density at radius 3 is 1.69 bits per heavy atom. The number of benzene rings is 11. The van der Waals surface area contributed by atoms with Crippen LogP contribution >= 0.6 is 0 Å². The third kappa shape index (κ3) is 6.18. The quantitative estimate of drug-likeness (QED) is 0.151. The van der Waals surface area contributed by atoms with E-state index in [-0.39, 0.29) is 0 Å². The van der Waals surface area contributed by atoms with Crippen molar-refractivity contribution in [3.8, 4) is 44.5 Å². The van der Waals surface area contributed by atoms with Gasteiger partial charge in [-0.25, -0.2) is 0 Å². The largest absolute Gasteiger partial charge is 0.456 e. The van der Waals surface area contributed by atoms with Crippen LogP contribution in [0.5, 0.6) is 0 Å². The Hall–Kier alpha value is -8.72. The third-order valence-corrected chi connectivity index (χ3v) is 13.9. The molecule has 1 aliphatic carbocycles. The summed E-state index contributed by atoms with van der Waals surface area (Å²) in [6.07, 6.45) is 0. The molecule has 0 atom stereocenters. The number of hydrogen-bond acceptors (Lipinski definition) is 2. The number of nitrogens with zero attached hydrogens (tertiary/aromatic N) is 1.